The highest BCUT2D eigenvalue weighted by Gasteiger charge is 2.27. The Balaban J connectivity index is 4.56. The molecule has 0 rings (SSSR count). The van der Waals surface area contributed by atoms with E-state index in [9.17, 15) is 14.4 Å². The molecule has 0 aromatic heterocycles. The lowest BCUT2D eigenvalue weighted by molar-refractivity contribution is -0.159. The second kappa shape index (κ2) is 7.73. The van der Waals surface area contributed by atoms with Crippen LogP contribution >= 0.6 is 0 Å². The van der Waals surface area contributed by atoms with Crippen LogP contribution in [0, 0.1) is 0 Å². The van der Waals surface area contributed by atoms with Crippen LogP contribution in [0.4, 0.5) is 0 Å². The van der Waals surface area contributed by atoms with Gasteiger partial charge in [-0.1, -0.05) is 0 Å². The van der Waals surface area contributed by atoms with E-state index in [-0.39, 0.29) is 13.0 Å². The lowest BCUT2D eigenvalue weighted by Gasteiger charge is -2.21. The number of esters is 2. The summed E-state index contributed by atoms with van der Waals surface area (Å²) in [5.74, 6) is -1.82. The molecular formula is C12H21NO6. The Morgan fingerprint density at radius 3 is 2.16 bits per heavy atom. The Morgan fingerprint density at radius 2 is 1.74 bits per heavy atom. The zero-order valence-corrected chi connectivity index (χ0v) is 11.9. The summed E-state index contributed by atoms with van der Waals surface area (Å²) in [6.45, 7) is 4.92. The molecule has 1 atom stereocenters. The van der Waals surface area contributed by atoms with Crippen LogP contribution in [-0.2, 0) is 28.6 Å². The summed E-state index contributed by atoms with van der Waals surface area (Å²) >= 11 is 0. The predicted molar refractivity (Wildman–Crippen MR) is 66.3 cm³/mol. The summed E-state index contributed by atoms with van der Waals surface area (Å²) in [6.07, 6.45) is -0.292. The summed E-state index contributed by atoms with van der Waals surface area (Å²) in [5.41, 5.74) is -0.658. The summed E-state index contributed by atoms with van der Waals surface area (Å²) in [4.78, 5) is 34.4. The first kappa shape index (κ1) is 17.4. The van der Waals surface area contributed by atoms with Crippen LogP contribution in [0.2, 0.25) is 0 Å². The second-order valence-corrected chi connectivity index (χ2v) is 4.87. The zero-order chi connectivity index (χ0) is 15.1. The van der Waals surface area contributed by atoms with Crippen LogP contribution in [-0.4, -0.2) is 50.3 Å². The van der Waals surface area contributed by atoms with Crippen LogP contribution in [0.25, 0.3) is 0 Å². The van der Waals surface area contributed by atoms with E-state index in [1.54, 1.807) is 20.8 Å². The minimum absolute atomic E-state index is 0.207. The van der Waals surface area contributed by atoms with Crippen molar-refractivity contribution in [2.24, 2.45) is 0 Å². The Morgan fingerprint density at radius 1 is 1.16 bits per heavy atom. The normalized spacial score (nSPS) is 12.5. The van der Waals surface area contributed by atoms with Gasteiger partial charge in [-0.25, -0.2) is 4.79 Å². The number of hydrogen-bond acceptors (Lipinski definition) is 6. The van der Waals surface area contributed by atoms with Gasteiger partial charge in [0.2, 0.25) is 5.91 Å². The van der Waals surface area contributed by atoms with Crippen molar-refractivity contribution in [2.75, 3.05) is 20.8 Å². The van der Waals surface area contributed by atoms with E-state index in [4.69, 9.17) is 4.74 Å². The van der Waals surface area contributed by atoms with Crippen molar-refractivity contribution in [2.45, 2.75) is 38.8 Å². The van der Waals surface area contributed by atoms with Crippen LogP contribution in [0.1, 0.15) is 27.2 Å². The Bertz CT molecular complexity index is 334. The van der Waals surface area contributed by atoms with Crippen molar-refractivity contribution in [1.29, 1.82) is 0 Å². The summed E-state index contributed by atoms with van der Waals surface area (Å²) < 4.78 is 14.2. The van der Waals surface area contributed by atoms with Gasteiger partial charge in [-0.3, -0.25) is 9.59 Å². The number of ether oxygens (including phenoxy) is 3. The number of rotatable bonds is 6. The van der Waals surface area contributed by atoms with E-state index in [0.717, 1.165) is 0 Å². The molecule has 1 amide bonds. The number of hydrogen-bond donors (Lipinski definition) is 1. The van der Waals surface area contributed by atoms with Gasteiger partial charge in [-0.05, 0) is 20.8 Å². The molecule has 0 fully saturated rings. The maximum absolute atomic E-state index is 11.6. The zero-order valence-electron chi connectivity index (χ0n) is 11.9. The molecule has 19 heavy (non-hydrogen) atoms. The number of nitrogens with one attached hydrogen (secondary N) is 1. The van der Waals surface area contributed by atoms with Crippen molar-refractivity contribution < 1.29 is 28.6 Å². The molecule has 7 nitrogen and oxygen atoms in total. The molecule has 0 unspecified atom stereocenters. The molecule has 0 radical (unpaired) electrons. The lowest BCUT2D eigenvalue weighted by atomic mass is 10.1. The van der Waals surface area contributed by atoms with E-state index >= 15 is 0 Å². The first-order valence-corrected chi connectivity index (χ1v) is 5.77. The highest BCUT2D eigenvalue weighted by Crippen LogP contribution is 2.09. The molecule has 0 heterocycles. The van der Waals surface area contributed by atoms with Crippen molar-refractivity contribution in [1.82, 2.24) is 5.32 Å². The van der Waals surface area contributed by atoms with Gasteiger partial charge in [-0.15, -0.1) is 0 Å². The van der Waals surface area contributed by atoms with Crippen molar-refractivity contribution in [3.63, 3.8) is 0 Å². The third kappa shape index (κ3) is 8.15. The number of carbonyl (C=O) groups is 3. The smallest absolute Gasteiger partial charge is 0.328 e. The van der Waals surface area contributed by atoms with Crippen LogP contribution in [0.15, 0.2) is 0 Å². The molecule has 1 N–H and O–H groups in total. The fourth-order valence-electron chi connectivity index (χ4n) is 1.25. The summed E-state index contributed by atoms with van der Waals surface area (Å²) in [5, 5.41) is 2.35. The van der Waals surface area contributed by atoms with E-state index in [1.807, 2.05) is 0 Å². The monoisotopic (exact) mass is 275 g/mol. The van der Waals surface area contributed by atoms with Crippen molar-refractivity contribution in [3.8, 4) is 0 Å². The van der Waals surface area contributed by atoms with Gasteiger partial charge in [0, 0.05) is 7.11 Å². The maximum Gasteiger partial charge on any atom is 0.328 e. The Kier molecular flexibility index (Phi) is 7.06. The first-order chi connectivity index (χ1) is 8.69. The molecule has 0 aliphatic rings. The predicted octanol–water partition coefficient (Wildman–Crippen LogP) is 0.0224. The van der Waals surface area contributed by atoms with Gasteiger partial charge in [0.05, 0.1) is 13.5 Å². The molecule has 110 valence electrons. The number of carbonyl (C=O) groups excluding carboxylic acids is 3. The van der Waals surface area contributed by atoms with Gasteiger partial charge in [0.1, 0.15) is 18.2 Å². The minimum Gasteiger partial charge on any atom is -0.467 e. The van der Waals surface area contributed by atoms with Crippen LogP contribution in [0.3, 0.4) is 0 Å². The standard InChI is InChI=1S/C12H21NO6/c1-12(2,3)19-10(15)6-8(11(16)18-5)13-9(14)7-17-4/h8H,6-7H2,1-5H3,(H,13,14)/t8-/m0/s1. The van der Waals surface area contributed by atoms with E-state index < -0.39 is 29.5 Å². The van der Waals surface area contributed by atoms with Crippen LogP contribution in [0.5, 0.6) is 0 Å². The summed E-state index contributed by atoms with van der Waals surface area (Å²) in [6, 6.07) is -1.08. The van der Waals surface area contributed by atoms with E-state index in [0.29, 0.717) is 0 Å². The van der Waals surface area contributed by atoms with E-state index in [2.05, 4.69) is 14.8 Å². The van der Waals surface area contributed by atoms with Gasteiger partial charge in [0.15, 0.2) is 0 Å². The van der Waals surface area contributed by atoms with Crippen molar-refractivity contribution >= 4 is 17.8 Å². The van der Waals surface area contributed by atoms with Crippen LogP contribution < -0.4 is 5.32 Å². The Labute approximate surface area is 112 Å². The second-order valence-electron chi connectivity index (χ2n) is 4.87. The molecule has 0 spiro atoms. The molecule has 0 bridgehead atoms. The number of amides is 1. The fraction of sp³-hybridized carbons (Fsp3) is 0.750. The fourth-order valence-corrected chi connectivity index (χ4v) is 1.25. The first-order valence-electron chi connectivity index (χ1n) is 5.77. The van der Waals surface area contributed by atoms with Gasteiger partial charge < -0.3 is 19.5 Å². The largest absolute Gasteiger partial charge is 0.467 e. The average Bonchev–Trinajstić information content (AvgIpc) is 2.24. The molecular weight excluding hydrogens is 254 g/mol. The lowest BCUT2D eigenvalue weighted by Crippen LogP contribution is -2.45. The average molecular weight is 275 g/mol. The molecule has 0 saturated carbocycles. The highest BCUT2D eigenvalue weighted by molar-refractivity contribution is 5.88. The molecule has 0 aliphatic heterocycles. The topological polar surface area (TPSA) is 90.9 Å². The molecule has 0 aromatic carbocycles. The third-order valence-electron chi connectivity index (χ3n) is 1.89. The molecule has 0 saturated heterocycles. The van der Waals surface area contributed by atoms with Gasteiger partial charge in [0.25, 0.3) is 0 Å². The SMILES string of the molecule is COCC(=O)N[C@@H](CC(=O)OC(C)(C)C)C(=O)OC. The molecule has 7 heteroatoms. The highest BCUT2D eigenvalue weighted by atomic mass is 16.6. The Hall–Kier alpha value is -1.63. The summed E-state index contributed by atoms with van der Waals surface area (Å²) in [7, 11) is 2.52. The maximum atomic E-state index is 11.6. The molecule has 0 aliphatic carbocycles. The number of methoxy groups -OCH3 is 2. The third-order valence-corrected chi connectivity index (χ3v) is 1.89. The molecule has 0 aromatic rings. The van der Waals surface area contributed by atoms with Crippen molar-refractivity contribution in [3.05, 3.63) is 0 Å². The quantitative estimate of drug-likeness (QED) is 0.687. The van der Waals surface area contributed by atoms with E-state index in [1.165, 1.54) is 14.2 Å². The van der Waals surface area contributed by atoms with Gasteiger partial charge in [-0.2, -0.15) is 0 Å². The minimum atomic E-state index is -1.08. The van der Waals surface area contributed by atoms with Gasteiger partial charge >= 0.3 is 11.9 Å².